The number of hydrogen-bond acceptors (Lipinski definition) is 2. The summed E-state index contributed by atoms with van der Waals surface area (Å²) in [5, 5.41) is 3.22. The van der Waals surface area contributed by atoms with Crippen molar-refractivity contribution in [3.05, 3.63) is 28.7 Å². The topological polar surface area (TPSA) is 32.3 Å². The predicted molar refractivity (Wildman–Crippen MR) is 68.6 cm³/mol. The van der Waals surface area contributed by atoms with Gasteiger partial charge in [0, 0.05) is 22.2 Å². The molecule has 1 heterocycles. The number of hydrogen-bond donors (Lipinski definition) is 1. The highest BCUT2D eigenvalue weighted by atomic mass is 79.9. The summed E-state index contributed by atoms with van der Waals surface area (Å²) in [7, 11) is 0. The number of nitrogens with zero attached hydrogens (tertiary/aromatic N) is 1. The Hall–Kier alpha value is -0.870. The first-order valence-electron chi connectivity index (χ1n) is 5.29. The first-order chi connectivity index (χ1) is 7.48. The van der Waals surface area contributed by atoms with Crippen LogP contribution in [0.3, 0.4) is 0 Å². The minimum atomic E-state index is -0.0315. The van der Waals surface area contributed by atoms with Crippen molar-refractivity contribution in [1.82, 2.24) is 5.32 Å². The maximum atomic E-state index is 11.8. The maximum Gasteiger partial charge on any atom is 0.241 e. The molecule has 0 aromatic heterocycles. The largest absolute Gasteiger partial charge is 0.309 e. The second-order valence-corrected chi connectivity index (χ2v) is 5.61. The zero-order chi connectivity index (χ0) is 11.8. The molecule has 0 bridgehead atoms. The molecule has 0 radical (unpaired) electrons. The molecule has 0 unspecified atom stereocenters. The Labute approximate surface area is 104 Å². The van der Waals surface area contributed by atoms with Crippen LogP contribution in [-0.4, -0.2) is 24.5 Å². The molecule has 1 fully saturated rings. The number of nitrogens with one attached hydrogen (secondary N) is 1. The van der Waals surface area contributed by atoms with E-state index in [9.17, 15) is 4.79 Å². The van der Waals surface area contributed by atoms with E-state index in [1.54, 1.807) is 0 Å². The molecule has 1 aromatic rings. The maximum absolute atomic E-state index is 11.8. The minimum Gasteiger partial charge on any atom is -0.309 e. The molecule has 1 N–H and O–H groups in total. The van der Waals surface area contributed by atoms with Gasteiger partial charge in [0.2, 0.25) is 5.91 Å². The third-order valence-corrected chi connectivity index (χ3v) is 3.19. The highest BCUT2D eigenvalue weighted by Crippen LogP contribution is 2.23. The van der Waals surface area contributed by atoms with E-state index >= 15 is 0 Å². The summed E-state index contributed by atoms with van der Waals surface area (Å²) < 4.78 is 0.995. The van der Waals surface area contributed by atoms with E-state index in [2.05, 4.69) is 35.1 Å². The molecule has 1 amide bonds. The van der Waals surface area contributed by atoms with Crippen LogP contribution in [0, 0.1) is 0 Å². The van der Waals surface area contributed by atoms with Gasteiger partial charge in [0.05, 0.1) is 6.54 Å². The van der Waals surface area contributed by atoms with Gasteiger partial charge < -0.3 is 10.2 Å². The van der Waals surface area contributed by atoms with Crippen molar-refractivity contribution in [2.24, 2.45) is 0 Å². The third kappa shape index (κ3) is 2.44. The fraction of sp³-hybridized carbons (Fsp3) is 0.417. The Kier molecular flexibility index (Phi) is 3.04. The second-order valence-electron chi connectivity index (χ2n) is 4.70. The number of carbonyl (C=O) groups excluding carboxylic acids is 1. The summed E-state index contributed by atoms with van der Waals surface area (Å²) in [6, 6.07) is 7.84. The van der Waals surface area contributed by atoms with Crippen molar-refractivity contribution >= 4 is 27.5 Å². The Bertz CT molecular complexity index is 417. The zero-order valence-corrected chi connectivity index (χ0v) is 11.0. The van der Waals surface area contributed by atoms with Gasteiger partial charge in [-0.25, -0.2) is 0 Å². The van der Waals surface area contributed by atoms with Gasteiger partial charge in [0.25, 0.3) is 0 Å². The van der Waals surface area contributed by atoms with Crippen LogP contribution in [0.25, 0.3) is 0 Å². The summed E-state index contributed by atoms with van der Waals surface area (Å²) in [6.45, 7) is 5.30. The van der Waals surface area contributed by atoms with Crippen molar-refractivity contribution in [2.45, 2.75) is 19.4 Å². The van der Waals surface area contributed by atoms with Crippen LogP contribution in [0.5, 0.6) is 0 Å². The highest BCUT2D eigenvalue weighted by molar-refractivity contribution is 9.10. The quantitative estimate of drug-likeness (QED) is 0.856. The molecule has 0 atom stereocenters. The molecule has 2 rings (SSSR count). The number of anilines is 1. The molecular formula is C12H15BrN2O. The summed E-state index contributed by atoms with van der Waals surface area (Å²) in [6.07, 6.45) is 0. The summed E-state index contributed by atoms with van der Waals surface area (Å²) in [5.74, 6) is 0.123. The number of piperazine rings is 1. The van der Waals surface area contributed by atoms with Crippen LogP contribution in [0.4, 0.5) is 5.69 Å². The molecule has 1 saturated heterocycles. The van der Waals surface area contributed by atoms with Gasteiger partial charge in [-0.15, -0.1) is 0 Å². The second kappa shape index (κ2) is 4.18. The lowest BCUT2D eigenvalue weighted by Gasteiger charge is -2.38. The van der Waals surface area contributed by atoms with Crippen LogP contribution in [-0.2, 0) is 4.79 Å². The van der Waals surface area contributed by atoms with Crippen LogP contribution < -0.4 is 10.2 Å². The van der Waals surface area contributed by atoms with Crippen molar-refractivity contribution in [3.8, 4) is 0 Å². The Morgan fingerprint density at radius 2 is 2.19 bits per heavy atom. The zero-order valence-electron chi connectivity index (χ0n) is 9.46. The van der Waals surface area contributed by atoms with Crippen molar-refractivity contribution in [1.29, 1.82) is 0 Å². The van der Waals surface area contributed by atoms with E-state index in [4.69, 9.17) is 0 Å². The van der Waals surface area contributed by atoms with Crippen molar-refractivity contribution in [2.75, 3.05) is 18.0 Å². The standard InChI is InChI=1S/C12H15BrN2O/c1-12(2)8-15(11(16)7-14-12)10-5-3-4-9(13)6-10/h3-6,14H,7-8H2,1-2H3. The van der Waals surface area contributed by atoms with E-state index in [1.165, 1.54) is 0 Å². The summed E-state index contributed by atoms with van der Waals surface area (Å²) >= 11 is 3.42. The molecule has 4 heteroatoms. The fourth-order valence-electron chi connectivity index (χ4n) is 1.83. The van der Waals surface area contributed by atoms with Gasteiger partial charge in [-0.1, -0.05) is 22.0 Å². The average Bonchev–Trinajstić information content (AvgIpc) is 2.22. The Balaban J connectivity index is 2.28. The van der Waals surface area contributed by atoms with Crippen LogP contribution in [0.2, 0.25) is 0 Å². The smallest absolute Gasteiger partial charge is 0.241 e. The van der Waals surface area contributed by atoms with Crippen molar-refractivity contribution < 1.29 is 4.79 Å². The molecular weight excluding hydrogens is 268 g/mol. The molecule has 0 aliphatic carbocycles. The van der Waals surface area contributed by atoms with Gasteiger partial charge in [-0.2, -0.15) is 0 Å². The SMILES string of the molecule is CC1(C)CN(c2cccc(Br)c2)C(=O)CN1. The lowest BCUT2D eigenvalue weighted by molar-refractivity contribution is -0.119. The molecule has 1 aromatic carbocycles. The molecule has 0 spiro atoms. The van der Waals surface area contributed by atoms with Gasteiger partial charge >= 0.3 is 0 Å². The molecule has 86 valence electrons. The van der Waals surface area contributed by atoms with E-state index in [1.807, 2.05) is 29.2 Å². The van der Waals surface area contributed by atoms with Crippen LogP contribution >= 0.6 is 15.9 Å². The first-order valence-corrected chi connectivity index (χ1v) is 6.08. The lowest BCUT2D eigenvalue weighted by Crippen LogP contribution is -2.59. The number of benzene rings is 1. The number of rotatable bonds is 1. The van der Waals surface area contributed by atoms with Crippen LogP contribution in [0.15, 0.2) is 28.7 Å². The Morgan fingerprint density at radius 3 is 2.88 bits per heavy atom. The van der Waals surface area contributed by atoms with E-state index in [-0.39, 0.29) is 11.4 Å². The van der Waals surface area contributed by atoms with E-state index in [0.717, 1.165) is 10.2 Å². The number of carbonyl (C=O) groups is 1. The van der Waals surface area contributed by atoms with Crippen LogP contribution in [0.1, 0.15) is 13.8 Å². The minimum absolute atomic E-state index is 0.0315. The van der Waals surface area contributed by atoms with Gasteiger partial charge in [-0.3, -0.25) is 4.79 Å². The number of amides is 1. The van der Waals surface area contributed by atoms with Gasteiger partial charge in [0.15, 0.2) is 0 Å². The normalized spacial score (nSPS) is 19.9. The molecule has 0 saturated carbocycles. The Morgan fingerprint density at radius 1 is 1.44 bits per heavy atom. The van der Waals surface area contributed by atoms with E-state index < -0.39 is 0 Å². The average molecular weight is 283 g/mol. The third-order valence-electron chi connectivity index (χ3n) is 2.69. The highest BCUT2D eigenvalue weighted by Gasteiger charge is 2.31. The van der Waals surface area contributed by atoms with Crippen molar-refractivity contribution in [3.63, 3.8) is 0 Å². The first kappa shape index (κ1) is 11.6. The van der Waals surface area contributed by atoms with E-state index in [0.29, 0.717) is 13.1 Å². The lowest BCUT2D eigenvalue weighted by atomic mass is 10.0. The fourth-order valence-corrected chi connectivity index (χ4v) is 2.22. The summed E-state index contributed by atoms with van der Waals surface area (Å²) in [4.78, 5) is 13.7. The molecule has 3 nitrogen and oxygen atoms in total. The van der Waals surface area contributed by atoms with Gasteiger partial charge in [0.1, 0.15) is 0 Å². The molecule has 1 aliphatic rings. The van der Waals surface area contributed by atoms with Gasteiger partial charge in [-0.05, 0) is 32.0 Å². The molecule has 1 aliphatic heterocycles. The number of halogens is 1. The molecule has 16 heavy (non-hydrogen) atoms. The monoisotopic (exact) mass is 282 g/mol. The predicted octanol–water partition coefficient (Wildman–Crippen LogP) is 2.16. The summed E-state index contributed by atoms with van der Waals surface area (Å²) in [5.41, 5.74) is 0.921.